The van der Waals surface area contributed by atoms with Gasteiger partial charge in [0.15, 0.2) is 0 Å². The Kier molecular flexibility index (Phi) is 22.6. The Hall–Kier alpha value is -0.200. The third-order valence-corrected chi connectivity index (χ3v) is 3.28. The molecule has 24 heavy (non-hydrogen) atoms. The fourth-order valence-corrected chi connectivity index (χ4v) is 1.71. The SMILES string of the molecule is CC(O)COC(C)COC(C)CO.CCCCCOCCCCC. The average molecular weight is 351 g/mol. The van der Waals surface area contributed by atoms with Crippen LogP contribution in [0.5, 0.6) is 0 Å². The Morgan fingerprint density at radius 1 is 0.750 bits per heavy atom. The van der Waals surface area contributed by atoms with Crippen molar-refractivity contribution in [3.05, 3.63) is 0 Å². The first-order valence-electron chi connectivity index (χ1n) is 9.57. The van der Waals surface area contributed by atoms with Crippen LogP contribution in [0.3, 0.4) is 0 Å². The topological polar surface area (TPSA) is 68.2 Å². The van der Waals surface area contributed by atoms with Crippen LogP contribution in [0.15, 0.2) is 0 Å². The van der Waals surface area contributed by atoms with Crippen molar-refractivity contribution in [1.29, 1.82) is 0 Å². The molecule has 0 aromatic heterocycles. The quantitative estimate of drug-likeness (QED) is 0.442. The fraction of sp³-hybridized carbons (Fsp3) is 1.00. The van der Waals surface area contributed by atoms with E-state index in [1.54, 1.807) is 13.8 Å². The Labute approximate surface area is 149 Å². The van der Waals surface area contributed by atoms with E-state index >= 15 is 0 Å². The molecule has 0 aromatic rings. The lowest BCUT2D eigenvalue weighted by atomic mass is 10.2. The van der Waals surface area contributed by atoms with E-state index in [1.165, 1.54) is 38.5 Å². The van der Waals surface area contributed by atoms with Crippen LogP contribution in [-0.2, 0) is 14.2 Å². The standard InChI is InChI=1S/C10H22O.C9H20O4/c1-3-5-7-9-11-10-8-6-4-2;1-7(11)5-12-9(3)6-13-8(2)4-10/h3-10H2,1-2H3;7-11H,4-6H2,1-3H3. The van der Waals surface area contributed by atoms with Crippen molar-refractivity contribution in [3.8, 4) is 0 Å². The summed E-state index contributed by atoms with van der Waals surface area (Å²) in [6.45, 7) is 12.5. The monoisotopic (exact) mass is 350 g/mol. The van der Waals surface area contributed by atoms with E-state index < -0.39 is 6.10 Å². The van der Waals surface area contributed by atoms with E-state index in [9.17, 15) is 0 Å². The number of hydrogen-bond acceptors (Lipinski definition) is 5. The highest BCUT2D eigenvalue weighted by Gasteiger charge is 2.07. The minimum atomic E-state index is -0.447. The van der Waals surface area contributed by atoms with Gasteiger partial charge in [-0.15, -0.1) is 0 Å². The molecule has 0 bridgehead atoms. The van der Waals surface area contributed by atoms with Crippen molar-refractivity contribution in [3.63, 3.8) is 0 Å². The van der Waals surface area contributed by atoms with E-state index in [-0.39, 0.29) is 18.8 Å². The van der Waals surface area contributed by atoms with E-state index in [0.717, 1.165) is 13.2 Å². The van der Waals surface area contributed by atoms with E-state index in [4.69, 9.17) is 24.4 Å². The lowest BCUT2D eigenvalue weighted by Gasteiger charge is -2.16. The van der Waals surface area contributed by atoms with Crippen LogP contribution in [0.1, 0.15) is 73.1 Å². The second-order valence-electron chi connectivity index (χ2n) is 6.35. The van der Waals surface area contributed by atoms with Gasteiger partial charge in [-0.3, -0.25) is 0 Å². The van der Waals surface area contributed by atoms with Gasteiger partial charge < -0.3 is 24.4 Å². The number of rotatable bonds is 15. The van der Waals surface area contributed by atoms with E-state index in [0.29, 0.717) is 13.2 Å². The molecule has 148 valence electrons. The maximum atomic E-state index is 8.92. The lowest BCUT2D eigenvalue weighted by Crippen LogP contribution is -2.24. The maximum absolute atomic E-state index is 8.92. The van der Waals surface area contributed by atoms with Gasteiger partial charge in [0.1, 0.15) is 0 Å². The predicted octanol–water partition coefficient (Wildman–Crippen LogP) is 3.55. The van der Waals surface area contributed by atoms with Gasteiger partial charge in [-0.05, 0) is 33.6 Å². The highest BCUT2D eigenvalue weighted by Crippen LogP contribution is 1.98. The highest BCUT2D eigenvalue weighted by atomic mass is 16.5. The largest absolute Gasteiger partial charge is 0.394 e. The van der Waals surface area contributed by atoms with Gasteiger partial charge in [0.25, 0.3) is 0 Å². The van der Waals surface area contributed by atoms with Crippen molar-refractivity contribution in [2.75, 3.05) is 33.0 Å². The molecule has 0 spiro atoms. The number of ether oxygens (including phenoxy) is 3. The summed E-state index contributed by atoms with van der Waals surface area (Å²) in [4.78, 5) is 0. The zero-order valence-corrected chi connectivity index (χ0v) is 16.6. The van der Waals surface area contributed by atoms with Crippen LogP contribution in [0.2, 0.25) is 0 Å². The lowest BCUT2D eigenvalue weighted by molar-refractivity contribution is -0.0620. The molecule has 0 aliphatic carbocycles. The molecule has 5 nitrogen and oxygen atoms in total. The van der Waals surface area contributed by atoms with Gasteiger partial charge in [-0.1, -0.05) is 39.5 Å². The molecule has 0 aliphatic heterocycles. The predicted molar refractivity (Wildman–Crippen MR) is 99.5 cm³/mol. The normalized spacial score (nSPS) is 14.6. The molecule has 2 N–H and O–H groups in total. The van der Waals surface area contributed by atoms with Crippen LogP contribution >= 0.6 is 0 Å². The van der Waals surface area contributed by atoms with Crippen LogP contribution in [0.25, 0.3) is 0 Å². The van der Waals surface area contributed by atoms with Crippen molar-refractivity contribution >= 4 is 0 Å². The smallest absolute Gasteiger partial charge is 0.0781 e. The molecule has 0 fully saturated rings. The summed E-state index contributed by atoms with van der Waals surface area (Å²) in [6.07, 6.45) is 7.03. The molecule has 3 atom stereocenters. The second-order valence-corrected chi connectivity index (χ2v) is 6.35. The summed E-state index contributed by atoms with van der Waals surface area (Å²) in [5.74, 6) is 0. The first-order valence-corrected chi connectivity index (χ1v) is 9.57. The minimum Gasteiger partial charge on any atom is -0.394 e. The maximum Gasteiger partial charge on any atom is 0.0781 e. The molecule has 0 saturated heterocycles. The van der Waals surface area contributed by atoms with Gasteiger partial charge in [0.05, 0.1) is 38.1 Å². The first kappa shape index (κ1) is 26.0. The Bertz CT molecular complexity index is 216. The molecular formula is C19H42O5. The van der Waals surface area contributed by atoms with Crippen molar-refractivity contribution < 1.29 is 24.4 Å². The van der Waals surface area contributed by atoms with Gasteiger partial charge >= 0.3 is 0 Å². The van der Waals surface area contributed by atoms with E-state index in [1.807, 2.05) is 6.92 Å². The van der Waals surface area contributed by atoms with Gasteiger partial charge in [0, 0.05) is 13.2 Å². The van der Waals surface area contributed by atoms with Gasteiger partial charge in [0.2, 0.25) is 0 Å². The Morgan fingerprint density at radius 3 is 1.67 bits per heavy atom. The Morgan fingerprint density at radius 2 is 1.25 bits per heavy atom. The third-order valence-electron chi connectivity index (χ3n) is 3.28. The highest BCUT2D eigenvalue weighted by molar-refractivity contribution is 4.53. The molecule has 0 aromatic carbocycles. The van der Waals surface area contributed by atoms with Crippen LogP contribution in [0.4, 0.5) is 0 Å². The molecule has 3 unspecified atom stereocenters. The number of aliphatic hydroxyl groups is 2. The molecule has 0 aliphatic rings. The fourth-order valence-electron chi connectivity index (χ4n) is 1.71. The Balaban J connectivity index is 0. The summed E-state index contributed by atoms with van der Waals surface area (Å²) in [7, 11) is 0. The van der Waals surface area contributed by atoms with Gasteiger partial charge in [-0.25, -0.2) is 0 Å². The number of hydrogen-bond donors (Lipinski definition) is 2. The molecule has 0 heterocycles. The molecule has 0 radical (unpaired) electrons. The first-order chi connectivity index (χ1) is 11.5. The molecule has 5 heteroatoms. The van der Waals surface area contributed by atoms with E-state index in [2.05, 4.69) is 13.8 Å². The summed E-state index contributed by atoms with van der Waals surface area (Å²) in [5.41, 5.74) is 0. The summed E-state index contributed by atoms with van der Waals surface area (Å²) in [5, 5.41) is 17.6. The molecule has 0 rings (SSSR count). The molecule has 0 saturated carbocycles. The van der Waals surface area contributed by atoms with Crippen LogP contribution < -0.4 is 0 Å². The average Bonchev–Trinajstić information content (AvgIpc) is 2.57. The zero-order chi connectivity index (χ0) is 18.6. The van der Waals surface area contributed by atoms with Crippen LogP contribution in [0, 0.1) is 0 Å². The third kappa shape index (κ3) is 24.1. The summed E-state index contributed by atoms with van der Waals surface area (Å²) >= 11 is 0. The zero-order valence-electron chi connectivity index (χ0n) is 16.6. The molecule has 0 amide bonds. The summed E-state index contributed by atoms with van der Waals surface area (Å²) < 4.78 is 15.9. The van der Waals surface area contributed by atoms with Crippen molar-refractivity contribution in [1.82, 2.24) is 0 Å². The minimum absolute atomic E-state index is 0.0170. The summed E-state index contributed by atoms with van der Waals surface area (Å²) in [6, 6.07) is 0. The van der Waals surface area contributed by atoms with Gasteiger partial charge in [-0.2, -0.15) is 0 Å². The van der Waals surface area contributed by atoms with Crippen molar-refractivity contribution in [2.45, 2.75) is 91.5 Å². The molecular weight excluding hydrogens is 308 g/mol. The second kappa shape index (κ2) is 20.8. The number of aliphatic hydroxyl groups excluding tert-OH is 2. The van der Waals surface area contributed by atoms with Crippen molar-refractivity contribution in [2.24, 2.45) is 0 Å². The number of unbranched alkanes of at least 4 members (excludes halogenated alkanes) is 4. The van der Waals surface area contributed by atoms with Crippen LogP contribution in [-0.4, -0.2) is 61.6 Å².